The Morgan fingerprint density at radius 3 is 2.38 bits per heavy atom. The van der Waals surface area contributed by atoms with Gasteiger partial charge in [0, 0.05) is 19.2 Å². The van der Waals surface area contributed by atoms with Gasteiger partial charge in [-0.2, -0.15) is 0 Å². The van der Waals surface area contributed by atoms with E-state index < -0.39 is 0 Å². The van der Waals surface area contributed by atoms with E-state index in [0.717, 1.165) is 18.6 Å². The third-order valence-corrected chi connectivity index (χ3v) is 3.90. The van der Waals surface area contributed by atoms with Crippen molar-refractivity contribution in [3.8, 4) is 0 Å². The van der Waals surface area contributed by atoms with Gasteiger partial charge in [-0.15, -0.1) is 0 Å². The van der Waals surface area contributed by atoms with Gasteiger partial charge >= 0.3 is 0 Å². The van der Waals surface area contributed by atoms with Crippen LogP contribution in [0.2, 0.25) is 0 Å². The highest BCUT2D eigenvalue weighted by Crippen LogP contribution is 2.26. The molecule has 1 N–H and O–H groups in total. The van der Waals surface area contributed by atoms with Gasteiger partial charge in [-0.3, -0.25) is 0 Å². The molecule has 1 aliphatic rings. The summed E-state index contributed by atoms with van der Waals surface area (Å²) in [7, 11) is 1.80. The predicted octanol–water partition coefficient (Wildman–Crippen LogP) is 3.36. The standard InChI is InChI=1S/C14H29NO/c1-4-6-14(11-16-3)15-13-9-7-12(5-2)8-10-13/h12-15H,4-11H2,1-3H3. The summed E-state index contributed by atoms with van der Waals surface area (Å²) in [6.07, 6.45) is 9.40. The molecule has 0 spiro atoms. The second-order valence-corrected chi connectivity index (χ2v) is 5.23. The molecule has 0 aromatic heterocycles. The normalized spacial score (nSPS) is 27.9. The summed E-state index contributed by atoms with van der Waals surface area (Å²) >= 11 is 0. The van der Waals surface area contributed by atoms with Crippen LogP contribution >= 0.6 is 0 Å². The van der Waals surface area contributed by atoms with E-state index in [9.17, 15) is 0 Å². The lowest BCUT2D eigenvalue weighted by molar-refractivity contribution is 0.147. The molecule has 0 amide bonds. The SMILES string of the molecule is CCCC(COC)NC1CCC(CC)CC1. The summed E-state index contributed by atoms with van der Waals surface area (Å²) in [6.45, 7) is 5.43. The Morgan fingerprint density at radius 1 is 1.19 bits per heavy atom. The second-order valence-electron chi connectivity index (χ2n) is 5.23. The zero-order chi connectivity index (χ0) is 11.8. The fourth-order valence-corrected chi connectivity index (χ4v) is 2.84. The number of ether oxygens (including phenoxy) is 1. The zero-order valence-corrected chi connectivity index (χ0v) is 11.3. The Morgan fingerprint density at radius 2 is 1.88 bits per heavy atom. The molecule has 0 aromatic carbocycles. The summed E-state index contributed by atoms with van der Waals surface area (Å²) < 4.78 is 5.28. The molecule has 1 fully saturated rings. The van der Waals surface area contributed by atoms with E-state index in [1.54, 1.807) is 7.11 Å². The topological polar surface area (TPSA) is 21.3 Å². The van der Waals surface area contributed by atoms with Crippen LogP contribution in [0.5, 0.6) is 0 Å². The average molecular weight is 227 g/mol. The van der Waals surface area contributed by atoms with Crippen LogP contribution in [-0.2, 0) is 4.74 Å². The van der Waals surface area contributed by atoms with E-state index in [0.29, 0.717) is 6.04 Å². The van der Waals surface area contributed by atoms with E-state index in [2.05, 4.69) is 19.2 Å². The van der Waals surface area contributed by atoms with Gasteiger partial charge in [-0.1, -0.05) is 26.7 Å². The summed E-state index contributed by atoms with van der Waals surface area (Å²) in [5.41, 5.74) is 0. The van der Waals surface area contributed by atoms with Crippen molar-refractivity contribution >= 4 is 0 Å². The van der Waals surface area contributed by atoms with Crippen LogP contribution in [0.25, 0.3) is 0 Å². The lowest BCUT2D eigenvalue weighted by atomic mass is 9.84. The Hall–Kier alpha value is -0.0800. The van der Waals surface area contributed by atoms with E-state index in [1.807, 2.05) is 0 Å². The molecule has 0 radical (unpaired) electrons. The molecular weight excluding hydrogens is 198 g/mol. The average Bonchev–Trinajstić information content (AvgIpc) is 2.31. The predicted molar refractivity (Wildman–Crippen MR) is 69.7 cm³/mol. The fraction of sp³-hybridized carbons (Fsp3) is 1.00. The smallest absolute Gasteiger partial charge is 0.0615 e. The van der Waals surface area contributed by atoms with Crippen LogP contribution < -0.4 is 5.32 Å². The molecule has 0 aliphatic heterocycles. The maximum Gasteiger partial charge on any atom is 0.0615 e. The van der Waals surface area contributed by atoms with Crippen molar-refractivity contribution in [3.63, 3.8) is 0 Å². The van der Waals surface area contributed by atoms with Gasteiger partial charge in [-0.25, -0.2) is 0 Å². The van der Waals surface area contributed by atoms with Crippen LogP contribution in [0.15, 0.2) is 0 Å². The molecular formula is C14H29NO. The lowest BCUT2D eigenvalue weighted by Gasteiger charge is -2.31. The van der Waals surface area contributed by atoms with E-state index in [1.165, 1.54) is 44.9 Å². The van der Waals surface area contributed by atoms with Gasteiger partial charge in [0.15, 0.2) is 0 Å². The lowest BCUT2D eigenvalue weighted by Crippen LogP contribution is -2.42. The molecule has 0 aromatic rings. The maximum absolute atomic E-state index is 5.28. The minimum Gasteiger partial charge on any atom is -0.383 e. The second kappa shape index (κ2) is 8.08. The molecule has 0 bridgehead atoms. The highest BCUT2D eigenvalue weighted by molar-refractivity contribution is 4.80. The van der Waals surface area contributed by atoms with Gasteiger partial charge in [0.05, 0.1) is 6.61 Å². The van der Waals surface area contributed by atoms with Crippen molar-refractivity contribution in [1.29, 1.82) is 0 Å². The van der Waals surface area contributed by atoms with Crippen molar-refractivity contribution in [1.82, 2.24) is 5.32 Å². The molecule has 16 heavy (non-hydrogen) atoms. The summed E-state index contributed by atoms with van der Waals surface area (Å²) in [4.78, 5) is 0. The van der Waals surface area contributed by atoms with Crippen molar-refractivity contribution in [2.45, 2.75) is 70.9 Å². The molecule has 1 aliphatic carbocycles. The molecule has 1 rings (SSSR count). The van der Waals surface area contributed by atoms with Crippen molar-refractivity contribution in [2.75, 3.05) is 13.7 Å². The maximum atomic E-state index is 5.28. The summed E-state index contributed by atoms with van der Waals surface area (Å²) in [5.74, 6) is 0.991. The van der Waals surface area contributed by atoms with Crippen molar-refractivity contribution in [3.05, 3.63) is 0 Å². The van der Waals surface area contributed by atoms with Gasteiger partial charge in [0.1, 0.15) is 0 Å². The van der Waals surface area contributed by atoms with Crippen molar-refractivity contribution in [2.24, 2.45) is 5.92 Å². The van der Waals surface area contributed by atoms with E-state index in [4.69, 9.17) is 4.74 Å². The third kappa shape index (κ3) is 4.84. The Kier molecular flexibility index (Phi) is 7.06. The Balaban J connectivity index is 2.24. The number of hydrogen-bond acceptors (Lipinski definition) is 2. The first kappa shape index (κ1) is 14.0. The van der Waals surface area contributed by atoms with Crippen LogP contribution in [-0.4, -0.2) is 25.8 Å². The zero-order valence-electron chi connectivity index (χ0n) is 11.3. The number of nitrogens with one attached hydrogen (secondary N) is 1. The number of methoxy groups -OCH3 is 1. The first-order valence-electron chi connectivity index (χ1n) is 7.05. The monoisotopic (exact) mass is 227 g/mol. The quantitative estimate of drug-likeness (QED) is 0.720. The molecule has 96 valence electrons. The fourth-order valence-electron chi connectivity index (χ4n) is 2.84. The molecule has 2 nitrogen and oxygen atoms in total. The van der Waals surface area contributed by atoms with Gasteiger partial charge in [0.2, 0.25) is 0 Å². The molecule has 0 heterocycles. The summed E-state index contributed by atoms with van der Waals surface area (Å²) in [5, 5.41) is 3.78. The first-order chi connectivity index (χ1) is 7.80. The number of rotatable bonds is 7. The molecule has 2 heteroatoms. The van der Waals surface area contributed by atoms with E-state index >= 15 is 0 Å². The molecule has 1 atom stereocenters. The Bertz CT molecular complexity index is 158. The molecule has 1 saturated carbocycles. The third-order valence-electron chi connectivity index (χ3n) is 3.90. The molecule has 0 saturated heterocycles. The van der Waals surface area contributed by atoms with Crippen LogP contribution in [0.3, 0.4) is 0 Å². The first-order valence-corrected chi connectivity index (χ1v) is 7.05. The minimum atomic E-state index is 0.568. The van der Waals surface area contributed by atoms with Gasteiger partial charge in [0.25, 0.3) is 0 Å². The highest BCUT2D eigenvalue weighted by atomic mass is 16.5. The van der Waals surface area contributed by atoms with E-state index in [-0.39, 0.29) is 0 Å². The van der Waals surface area contributed by atoms with Crippen LogP contribution in [0.4, 0.5) is 0 Å². The van der Waals surface area contributed by atoms with Crippen molar-refractivity contribution < 1.29 is 4.74 Å². The van der Waals surface area contributed by atoms with Gasteiger partial charge in [-0.05, 0) is 38.0 Å². The van der Waals surface area contributed by atoms with Crippen LogP contribution in [0.1, 0.15) is 58.8 Å². The Labute approximate surface area is 101 Å². The number of hydrogen-bond donors (Lipinski definition) is 1. The van der Waals surface area contributed by atoms with Gasteiger partial charge < -0.3 is 10.1 Å². The minimum absolute atomic E-state index is 0.568. The highest BCUT2D eigenvalue weighted by Gasteiger charge is 2.21. The summed E-state index contributed by atoms with van der Waals surface area (Å²) in [6, 6.07) is 1.31. The molecule has 1 unspecified atom stereocenters. The largest absolute Gasteiger partial charge is 0.383 e. The van der Waals surface area contributed by atoms with Crippen LogP contribution in [0, 0.1) is 5.92 Å².